The lowest BCUT2D eigenvalue weighted by Gasteiger charge is -2.22. The highest BCUT2D eigenvalue weighted by molar-refractivity contribution is 5.76. The minimum Gasteiger partial charge on any atom is -0.466 e. The van der Waals surface area contributed by atoms with Gasteiger partial charge < -0.3 is 20.3 Å². The fraction of sp³-hybridized carbons (Fsp3) is 0.948. The highest BCUT2D eigenvalue weighted by Crippen LogP contribution is 2.20. The van der Waals surface area contributed by atoms with Crippen molar-refractivity contribution in [1.29, 1.82) is 0 Å². The lowest BCUT2D eigenvalue weighted by Crippen LogP contribution is -2.45. The number of amides is 1. The third-order valence-electron chi connectivity index (χ3n) is 18.3. The van der Waals surface area contributed by atoms with E-state index in [9.17, 15) is 19.8 Å². The normalized spacial score (nSPS) is 12.5. The minimum absolute atomic E-state index is 0.0229. The second kappa shape index (κ2) is 73.1. The van der Waals surface area contributed by atoms with Gasteiger partial charge >= 0.3 is 5.97 Å². The molecule has 0 aliphatic rings. The smallest absolute Gasteiger partial charge is 0.305 e. The van der Waals surface area contributed by atoms with Crippen molar-refractivity contribution in [2.24, 2.45) is 0 Å². The number of allylic oxidation sites excluding steroid dienone is 2. The van der Waals surface area contributed by atoms with Crippen molar-refractivity contribution < 1.29 is 24.5 Å². The van der Waals surface area contributed by atoms with E-state index >= 15 is 0 Å². The molecule has 1 amide bonds. The Labute approximate surface area is 520 Å². The summed E-state index contributed by atoms with van der Waals surface area (Å²) < 4.78 is 5.51. The first-order valence-corrected chi connectivity index (χ1v) is 38.4. The minimum atomic E-state index is -0.663. The lowest BCUT2D eigenvalue weighted by atomic mass is 10.0. The Morgan fingerprint density at radius 3 is 0.855 bits per heavy atom. The van der Waals surface area contributed by atoms with Crippen LogP contribution in [0, 0.1) is 0 Å². The molecule has 0 saturated heterocycles. The van der Waals surface area contributed by atoms with Crippen molar-refractivity contribution in [3.8, 4) is 0 Å². The number of hydrogen-bond acceptors (Lipinski definition) is 5. The SMILES string of the molecule is CCCCCCCCCCCCCCCCCCCCC(O)C(CO)NC(=O)CCCCCCCCCCCCCCCCC/C=C\CCCCCCCCCCCCCCOC(=O)CCCCCCCCCCCCCCCCCCC. The number of esters is 1. The van der Waals surface area contributed by atoms with Gasteiger partial charge in [-0.25, -0.2) is 0 Å². The summed E-state index contributed by atoms with van der Waals surface area (Å²) in [4.78, 5) is 24.6. The molecule has 83 heavy (non-hydrogen) atoms. The summed E-state index contributed by atoms with van der Waals surface area (Å²) in [5.41, 5.74) is 0. The van der Waals surface area contributed by atoms with E-state index in [0.717, 1.165) is 38.5 Å². The van der Waals surface area contributed by atoms with Crippen LogP contribution in [0.5, 0.6) is 0 Å². The first-order chi connectivity index (χ1) is 41.0. The van der Waals surface area contributed by atoms with Crippen LogP contribution in [0.2, 0.25) is 0 Å². The second-order valence-corrected chi connectivity index (χ2v) is 26.7. The van der Waals surface area contributed by atoms with Gasteiger partial charge in [0.15, 0.2) is 0 Å². The third kappa shape index (κ3) is 69.6. The van der Waals surface area contributed by atoms with Crippen molar-refractivity contribution in [3.05, 3.63) is 12.2 Å². The van der Waals surface area contributed by atoms with Gasteiger partial charge in [0, 0.05) is 12.8 Å². The molecule has 0 aromatic carbocycles. The Bertz CT molecular complexity index is 1260. The average Bonchev–Trinajstić information content (AvgIpc) is 3.49. The summed E-state index contributed by atoms with van der Waals surface area (Å²) in [5, 5.41) is 23.4. The zero-order chi connectivity index (χ0) is 59.9. The number of rotatable bonds is 73. The summed E-state index contributed by atoms with van der Waals surface area (Å²) in [7, 11) is 0. The molecule has 6 nitrogen and oxygen atoms in total. The van der Waals surface area contributed by atoms with Crippen molar-refractivity contribution in [3.63, 3.8) is 0 Å². The van der Waals surface area contributed by atoms with Crippen LogP contribution >= 0.6 is 0 Å². The van der Waals surface area contributed by atoms with Crippen molar-refractivity contribution in [1.82, 2.24) is 5.32 Å². The van der Waals surface area contributed by atoms with Gasteiger partial charge in [-0.2, -0.15) is 0 Å². The van der Waals surface area contributed by atoms with Crippen LogP contribution in [-0.4, -0.2) is 47.4 Å². The van der Waals surface area contributed by atoms with E-state index in [1.165, 1.54) is 372 Å². The molecule has 2 atom stereocenters. The fourth-order valence-electron chi connectivity index (χ4n) is 12.5. The Morgan fingerprint density at radius 2 is 0.566 bits per heavy atom. The van der Waals surface area contributed by atoms with Crippen LogP contribution in [0.1, 0.15) is 444 Å². The molecule has 0 aromatic rings. The largest absolute Gasteiger partial charge is 0.466 e. The van der Waals surface area contributed by atoms with Crippen LogP contribution in [0.15, 0.2) is 12.2 Å². The molecular weight excluding hydrogens is 1020 g/mol. The Morgan fingerprint density at radius 1 is 0.325 bits per heavy atom. The lowest BCUT2D eigenvalue weighted by molar-refractivity contribution is -0.143. The summed E-state index contributed by atoms with van der Waals surface area (Å²) >= 11 is 0. The van der Waals surface area contributed by atoms with E-state index < -0.39 is 12.1 Å². The van der Waals surface area contributed by atoms with Crippen LogP contribution in [-0.2, 0) is 14.3 Å². The molecule has 0 heterocycles. The number of hydrogen-bond donors (Lipinski definition) is 3. The molecule has 2 unspecified atom stereocenters. The van der Waals surface area contributed by atoms with Crippen LogP contribution in [0.4, 0.5) is 0 Å². The maximum absolute atomic E-state index is 12.5. The summed E-state index contributed by atoms with van der Waals surface area (Å²) in [6.07, 6.45) is 91.5. The monoisotopic (exact) mass is 1170 g/mol. The highest BCUT2D eigenvalue weighted by Gasteiger charge is 2.20. The molecule has 0 rings (SSSR count). The second-order valence-electron chi connectivity index (χ2n) is 26.7. The molecule has 3 N–H and O–H groups in total. The molecule has 6 heteroatoms. The Hall–Kier alpha value is -1.40. The van der Waals surface area contributed by atoms with Gasteiger partial charge in [0.2, 0.25) is 5.91 Å². The molecule has 0 aliphatic heterocycles. The van der Waals surface area contributed by atoms with E-state index in [1.807, 2.05) is 0 Å². The average molecular weight is 1170 g/mol. The number of carbonyl (C=O) groups excluding carboxylic acids is 2. The highest BCUT2D eigenvalue weighted by atomic mass is 16.5. The molecule has 0 radical (unpaired) electrons. The molecule has 0 fully saturated rings. The zero-order valence-corrected chi connectivity index (χ0v) is 56.7. The van der Waals surface area contributed by atoms with Gasteiger partial charge in [0.05, 0.1) is 25.4 Å². The first-order valence-electron chi connectivity index (χ1n) is 38.4. The number of ether oxygens (including phenoxy) is 1. The van der Waals surface area contributed by atoms with Gasteiger partial charge in [0.1, 0.15) is 0 Å². The van der Waals surface area contributed by atoms with Gasteiger partial charge in [0.25, 0.3) is 0 Å². The molecule has 0 aromatic heterocycles. The van der Waals surface area contributed by atoms with E-state index in [1.54, 1.807) is 0 Å². The Kier molecular flexibility index (Phi) is 71.8. The van der Waals surface area contributed by atoms with Crippen molar-refractivity contribution in [2.75, 3.05) is 13.2 Å². The maximum Gasteiger partial charge on any atom is 0.305 e. The third-order valence-corrected chi connectivity index (χ3v) is 18.3. The molecule has 0 bridgehead atoms. The van der Waals surface area contributed by atoms with E-state index in [0.29, 0.717) is 25.9 Å². The van der Waals surface area contributed by atoms with Gasteiger partial charge in [-0.05, 0) is 51.4 Å². The number of aliphatic hydroxyl groups excluding tert-OH is 2. The number of nitrogens with one attached hydrogen (secondary N) is 1. The molecule has 494 valence electrons. The maximum atomic E-state index is 12.5. The molecule has 0 spiro atoms. The number of unbranched alkanes of at least 4 members (excludes halogenated alkanes) is 60. The van der Waals surface area contributed by atoms with E-state index in [4.69, 9.17) is 4.74 Å². The van der Waals surface area contributed by atoms with Crippen LogP contribution < -0.4 is 5.32 Å². The van der Waals surface area contributed by atoms with E-state index in [-0.39, 0.29) is 18.5 Å². The number of carbonyl (C=O) groups is 2. The first kappa shape index (κ1) is 81.6. The molecule has 0 saturated carbocycles. The predicted octanol–water partition coefficient (Wildman–Crippen LogP) is 25.1. The standard InChI is InChI=1S/C77H151NO5/c1-3-5-7-9-11-13-15-17-19-21-38-41-45-49-53-57-61-65-69-75(80)74(73-79)78-76(81)70-66-62-58-54-50-46-42-39-35-33-31-29-27-25-23-22-24-26-28-30-32-34-36-40-44-48-52-56-60-64-68-72-83-77(82)71-67-63-59-55-51-47-43-37-20-18-16-14-12-10-8-6-4-2/h24,26,74-75,79-80H,3-23,25,27-73H2,1-2H3,(H,78,81)/b26-24-. The van der Waals surface area contributed by atoms with Crippen molar-refractivity contribution in [2.45, 2.75) is 456 Å². The van der Waals surface area contributed by atoms with Crippen molar-refractivity contribution >= 4 is 11.9 Å². The molecular formula is C77H151NO5. The van der Waals surface area contributed by atoms with Gasteiger partial charge in [-0.3, -0.25) is 9.59 Å². The zero-order valence-electron chi connectivity index (χ0n) is 56.7. The van der Waals surface area contributed by atoms with Gasteiger partial charge in [-0.15, -0.1) is 0 Å². The van der Waals surface area contributed by atoms with Crippen LogP contribution in [0.25, 0.3) is 0 Å². The predicted molar refractivity (Wildman–Crippen MR) is 366 cm³/mol. The number of aliphatic hydroxyl groups is 2. The quantitative estimate of drug-likeness (QED) is 0.0320. The summed E-state index contributed by atoms with van der Waals surface area (Å²) in [6.45, 7) is 5.01. The summed E-state index contributed by atoms with van der Waals surface area (Å²) in [5.74, 6) is -0.00526. The van der Waals surface area contributed by atoms with Crippen LogP contribution in [0.3, 0.4) is 0 Å². The fourth-order valence-corrected chi connectivity index (χ4v) is 12.5. The van der Waals surface area contributed by atoms with E-state index in [2.05, 4.69) is 31.3 Å². The molecule has 0 aliphatic carbocycles. The Balaban J connectivity index is 3.34. The topological polar surface area (TPSA) is 95.9 Å². The van der Waals surface area contributed by atoms with Gasteiger partial charge in [-0.1, -0.05) is 392 Å². The summed E-state index contributed by atoms with van der Waals surface area (Å²) in [6, 6.07) is -0.540.